The van der Waals surface area contributed by atoms with Crippen LogP contribution in [-0.2, 0) is 6.18 Å². The molecule has 1 aliphatic carbocycles. The van der Waals surface area contributed by atoms with Crippen LogP contribution in [0.5, 0.6) is 0 Å². The quantitative estimate of drug-likeness (QED) is 0.413. The first-order valence-electron chi connectivity index (χ1n) is 12.5. The minimum atomic E-state index is -4.78. The van der Waals surface area contributed by atoms with Gasteiger partial charge in [-0.25, -0.2) is 14.4 Å². The summed E-state index contributed by atoms with van der Waals surface area (Å²) in [6, 6.07) is 0.865. The SMILES string of the molecule is CC(Nc1cc(C(F)(F)F)c(-c2sc(C(=O)NCC(C)(C)O)nc2C(=O)N2CCC(F)CC2)cn1)C1CC1. The van der Waals surface area contributed by atoms with E-state index < -0.39 is 35.3 Å². The molecule has 208 valence electrons. The molecule has 1 saturated carbocycles. The fourth-order valence-electron chi connectivity index (χ4n) is 4.21. The van der Waals surface area contributed by atoms with Crippen molar-refractivity contribution in [2.75, 3.05) is 25.0 Å². The van der Waals surface area contributed by atoms with E-state index in [9.17, 15) is 32.3 Å². The van der Waals surface area contributed by atoms with Crippen LogP contribution in [0.2, 0.25) is 0 Å². The third-order valence-electron chi connectivity index (χ3n) is 6.58. The molecule has 1 saturated heterocycles. The number of hydrogen-bond donors (Lipinski definition) is 3. The Morgan fingerprint density at radius 1 is 1.21 bits per heavy atom. The van der Waals surface area contributed by atoms with E-state index in [1.807, 2.05) is 6.92 Å². The van der Waals surface area contributed by atoms with Gasteiger partial charge in [-0.2, -0.15) is 13.2 Å². The molecule has 2 amide bonds. The third kappa shape index (κ3) is 6.79. The maximum absolute atomic E-state index is 14.3. The zero-order chi connectivity index (χ0) is 27.8. The lowest BCUT2D eigenvalue weighted by atomic mass is 10.0. The second kappa shape index (κ2) is 10.8. The first-order chi connectivity index (χ1) is 17.7. The standard InChI is InChI=1S/C25H31F4N5O3S/c1-13(14-4-5-14)32-18-10-17(25(27,28)29)16(11-30-18)20-19(23(36)34-8-6-15(26)7-9-34)33-22(38-20)21(35)31-12-24(2,3)37/h10-11,13-15,37H,4-9,12H2,1-3H3,(H,30,32)(H,31,35). The van der Waals surface area contributed by atoms with Gasteiger partial charge in [0.1, 0.15) is 17.7 Å². The molecular formula is C25H31F4N5O3S. The van der Waals surface area contributed by atoms with E-state index >= 15 is 0 Å². The number of likely N-dealkylation sites (tertiary alicyclic amines) is 1. The number of rotatable bonds is 8. The van der Waals surface area contributed by atoms with Crippen molar-refractivity contribution in [2.45, 2.75) is 70.4 Å². The number of hydrogen-bond acceptors (Lipinski definition) is 7. The molecule has 38 heavy (non-hydrogen) atoms. The van der Waals surface area contributed by atoms with Crippen LogP contribution in [0.3, 0.4) is 0 Å². The highest BCUT2D eigenvalue weighted by Crippen LogP contribution is 2.42. The van der Waals surface area contributed by atoms with E-state index in [4.69, 9.17) is 0 Å². The topological polar surface area (TPSA) is 107 Å². The number of pyridine rings is 1. The average molecular weight is 558 g/mol. The predicted molar refractivity (Wildman–Crippen MR) is 135 cm³/mol. The second-order valence-electron chi connectivity index (χ2n) is 10.5. The molecule has 2 fully saturated rings. The van der Waals surface area contributed by atoms with E-state index in [0.29, 0.717) is 17.3 Å². The molecule has 2 aromatic rings. The highest BCUT2D eigenvalue weighted by Gasteiger charge is 2.38. The number of aliphatic hydroxyl groups is 1. The van der Waals surface area contributed by atoms with Gasteiger partial charge in [0.2, 0.25) is 0 Å². The maximum Gasteiger partial charge on any atom is 0.417 e. The van der Waals surface area contributed by atoms with Crippen LogP contribution in [0.1, 0.15) is 72.3 Å². The van der Waals surface area contributed by atoms with Crippen LogP contribution in [0, 0.1) is 5.92 Å². The van der Waals surface area contributed by atoms with Gasteiger partial charge in [0.05, 0.1) is 16.0 Å². The molecule has 2 aliphatic rings. The lowest BCUT2D eigenvalue weighted by molar-refractivity contribution is -0.137. The number of anilines is 1. The summed E-state index contributed by atoms with van der Waals surface area (Å²) in [4.78, 5) is 35.6. The molecule has 0 aromatic carbocycles. The molecule has 0 radical (unpaired) electrons. The zero-order valence-corrected chi connectivity index (χ0v) is 22.2. The fraction of sp³-hybridized carbons (Fsp3) is 0.600. The van der Waals surface area contributed by atoms with Gasteiger partial charge < -0.3 is 20.6 Å². The van der Waals surface area contributed by atoms with Crippen LogP contribution in [-0.4, -0.2) is 69.2 Å². The average Bonchev–Trinajstić information content (AvgIpc) is 3.60. The molecule has 1 aliphatic heterocycles. The number of piperidine rings is 1. The molecular weight excluding hydrogens is 526 g/mol. The summed E-state index contributed by atoms with van der Waals surface area (Å²) in [6.07, 6.45) is -2.57. The monoisotopic (exact) mass is 557 g/mol. The molecule has 0 bridgehead atoms. The largest absolute Gasteiger partial charge is 0.417 e. The summed E-state index contributed by atoms with van der Waals surface area (Å²) >= 11 is 0.642. The van der Waals surface area contributed by atoms with Gasteiger partial charge in [-0.3, -0.25) is 9.59 Å². The van der Waals surface area contributed by atoms with Crippen LogP contribution in [0.4, 0.5) is 23.4 Å². The number of amides is 2. The van der Waals surface area contributed by atoms with Crippen molar-refractivity contribution in [1.29, 1.82) is 0 Å². The number of carbonyl (C=O) groups is 2. The van der Waals surface area contributed by atoms with E-state index in [0.717, 1.165) is 25.1 Å². The molecule has 1 atom stereocenters. The number of aromatic nitrogens is 2. The van der Waals surface area contributed by atoms with Crippen molar-refractivity contribution in [3.63, 3.8) is 0 Å². The molecule has 1 unspecified atom stereocenters. The van der Waals surface area contributed by atoms with Gasteiger partial charge in [-0.15, -0.1) is 11.3 Å². The van der Waals surface area contributed by atoms with Gasteiger partial charge in [0, 0.05) is 37.4 Å². The molecule has 4 rings (SSSR count). The normalized spacial score (nSPS) is 17.8. The summed E-state index contributed by atoms with van der Waals surface area (Å²) in [5.41, 5.74) is -2.94. The number of nitrogens with one attached hydrogen (secondary N) is 2. The number of alkyl halides is 4. The van der Waals surface area contributed by atoms with Crippen LogP contribution >= 0.6 is 11.3 Å². The van der Waals surface area contributed by atoms with Crippen LogP contribution < -0.4 is 10.6 Å². The van der Waals surface area contributed by atoms with Gasteiger partial charge in [-0.05, 0) is 58.4 Å². The molecule has 8 nitrogen and oxygen atoms in total. The molecule has 3 N–H and O–H groups in total. The predicted octanol–water partition coefficient (Wildman–Crippen LogP) is 4.51. The van der Waals surface area contributed by atoms with Crippen molar-refractivity contribution in [3.05, 3.63) is 28.5 Å². The molecule has 13 heteroatoms. The van der Waals surface area contributed by atoms with E-state index in [1.54, 1.807) is 0 Å². The first kappa shape index (κ1) is 28.2. The third-order valence-corrected chi connectivity index (χ3v) is 7.66. The minimum Gasteiger partial charge on any atom is -0.389 e. The number of thiazole rings is 1. The van der Waals surface area contributed by atoms with Gasteiger partial charge >= 0.3 is 6.18 Å². The smallest absolute Gasteiger partial charge is 0.389 e. The van der Waals surface area contributed by atoms with Crippen molar-refractivity contribution >= 4 is 29.0 Å². The van der Waals surface area contributed by atoms with Crippen molar-refractivity contribution in [2.24, 2.45) is 5.92 Å². The highest BCUT2D eigenvalue weighted by atomic mass is 32.1. The highest BCUT2D eigenvalue weighted by molar-refractivity contribution is 7.17. The van der Waals surface area contributed by atoms with Crippen molar-refractivity contribution < 1.29 is 32.3 Å². The Kier molecular flexibility index (Phi) is 7.99. The summed E-state index contributed by atoms with van der Waals surface area (Å²) < 4.78 is 56.4. The summed E-state index contributed by atoms with van der Waals surface area (Å²) in [5, 5.41) is 15.2. The van der Waals surface area contributed by atoms with Gasteiger partial charge in [0.25, 0.3) is 11.8 Å². The molecule has 3 heterocycles. The van der Waals surface area contributed by atoms with Gasteiger partial charge in [0.15, 0.2) is 5.01 Å². The number of carbonyl (C=O) groups excluding carboxylic acids is 2. The second-order valence-corrected chi connectivity index (χ2v) is 11.5. The van der Waals surface area contributed by atoms with Gasteiger partial charge in [-0.1, -0.05) is 0 Å². The van der Waals surface area contributed by atoms with E-state index in [-0.39, 0.29) is 65.5 Å². The van der Waals surface area contributed by atoms with E-state index in [2.05, 4.69) is 20.6 Å². The van der Waals surface area contributed by atoms with Crippen LogP contribution in [0.15, 0.2) is 12.3 Å². The Labute approximate surface area is 221 Å². The summed E-state index contributed by atoms with van der Waals surface area (Å²) in [6.45, 7) is 4.88. The lowest BCUT2D eigenvalue weighted by Crippen LogP contribution is -2.39. The Hall–Kier alpha value is -2.80. The van der Waals surface area contributed by atoms with Crippen LogP contribution in [0.25, 0.3) is 10.4 Å². The Balaban J connectivity index is 1.74. The molecule has 2 aromatic heterocycles. The molecule has 0 spiro atoms. The van der Waals surface area contributed by atoms with E-state index in [1.165, 1.54) is 18.7 Å². The Morgan fingerprint density at radius 2 is 1.87 bits per heavy atom. The summed E-state index contributed by atoms with van der Waals surface area (Å²) in [7, 11) is 0. The minimum absolute atomic E-state index is 0.0421. The lowest BCUT2D eigenvalue weighted by Gasteiger charge is -2.28. The van der Waals surface area contributed by atoms with Crippen molar-refractivity contribution in [3.8, 4) is 10.4 Å². The first-order valence-corrected chi connectivity index (χ1v) is 13.3. The van der Waals surface area contributed by atoms with Crippen molar-refractivity contribution in [1.82, 2.24) is 20.2 Å². The fourth-order valence-corrected chi connectivity index (χ4v) is 5.21. The zero-order valence-electron chi connectivity index (χ0n) is 21.4. The number of halogens is 4. The summed E-state index contributed by atoms with van der Waals surface area (Å²) in [5.74, 6) is -0.971. The maximum atomic E-state index is 14.3. The Morgan fingerprint density at radius 3 is 2.45 bits per heavy atom. The number of nitrogens with zero attached hydrogens (tertiary/aromatic N) is 3. The Bertz CT molecular complexity index is 1180.